The molecule has 1 unspecified atom stereocenters. The number of rotatable bonds is 3. The van der Waals surface area contributed by atoms with E-state index in [1.54, 1.807) is 0 Å². The zero-order valence-corrected chi connectivity index (χ0v) is 10.2. The highest BCUT2D eigenvalue weighted by Crippen LogP contribution is 2.28. The Labute approximate surface area is 102 Å². The van der Waals surface area contributed by atoms with Gasteiger partial charge in [-0.25, -0.2) is 4.39 Å². The van der Waals surface area contributed by atoms with E-state index in [2.05, 4.69) is 12.1 Å². The first-order chi connectivity index (χ1) is 8.18. The highest BCUT2D eigenvalue weighted by Gasteiger charge is 2.13. The average Bonchev–Trinajstić information content (AvgIpc) is 2.39. The molecule has 0 aliphatic rings. The van der Waals surface area contributed by atoms with Gasteiger partial charge in [0, 0.05) is 0 Å². The van der Waals surface area contributed by atoms with Crippen molar-refractivity contribution in [2.75, 3.05) is 0 Å². The van der Waals surface area contributed by atoms with Crippen LogP contribution in [0.3, 0.4) is 0 Å². The van der Waals surface area contributed by atoms with Gasteiger partial charge in [0.1, 0.15) is 6.17 Å². The average molecular weight is 228 g/mol. The van der Waals surface area contributed by atoms with E-state index in [9.17, 15) is 4.39 Å². The fourth-order valence-corrected chi connectivity index (χ4v) is 1.87. The maximum Gasteiger partial charge on any atom is 0.127 e. The van der Waals surface area contributed by atoms with E-state index < -0.39 is 6.17 Å². The molecule has 17 heavy (non-hydrogen) atoms. The number of hydrogen-bond acceptors (Lipinski definition) is 0. The Bertz CT molecular complexity index is 457. The Balaban J connectivity index is 2.25. The molecule has 0 N–H and O–H groups in total. The number of halogens is 1. The fourth-order valence-electron chi connectivity index (χ4n) is 1.87. The van der Waals surface area contributed by atoms with Crippen molar-refractivity contribution in [3.63, 3.8) is 0 Å². The van der Waals surface area contributed by atoms with Crippen molar-refractivity contribution < 1.29 is 4.39 Å². The minimum Gasteiger partial charge on any atom is -0.242 e. The molecule has 0 aliphatic heterocycles. The molecule has 0 saturated carbocycles. The van der Waals surface area contributed by atoms with Gasteiger partial charge in [0.25, 0.3) is 0 Å². The van der Waals surface area contributed by atoms with Gasteiger partial charge < -0.3 is 0 Å². The highest BCUT2D eigenvalue weighted by atomic mass is 19.1. The zero-order chi connectivity index (χ0) is 12.3. The molecule has 0 fully saturated rings. The third-order valence-corrected chi connectivity index (χ3v) is 2.92. The van der Waals surface area contributed by atoms with Crippen molar-refractivity contribution in [1.29, 1.82) is 0 Å². The van der Waals surface area contributed by atoms with Gasteiger partial charge in [-0.2, -0.15) is 0 Å². The Morgan fingerprint density at radius 3 is 1.82 bits per heavy atom. The predicted molar refractivity (Wildman–Crippen MR) is 70.6 cm³/mol. The SMILES string of the molecule is CC(C)C(F)c1ccc(-c2ccccc2)cc1. The van der Waals surface area contributed by atoms with Crippen molar-refractivity contribution in [1.82, 2.24) is 0 Å². The van der Waals surface area contributed by atoms with E-state index in [1.807, 2.05) is 56.3 Å². The molecule has 2 rings (SSSR count). The van der Waals surface area contributed by atoms with Crippen molar-refractivity contribution in [2.24, 2.45) is 5.92 Å². The van der Waals surface area contributed by atoms with Crippen LogP contribution < -0.4 is 0 Å². The maximum absolute atomic E-state index is 13.8. The summed E-state index contributed by atoms with van der Waals surface area (Å²) in [7, 11) is 0. The Morgan fingerprint density at radius 1 is 0.765 bits per heavy atom. The molecule has 0 amide bonds. The summed E-state index contributed by atoms with van der Waals surface area (Å²) in [6.07, 6.45) is -0.875. The molecule has 0 radical (unpaired) electrons. The van der Waals surface area contributed by atoms with Gasteiger partial charge in [0.15, 0.2) is 0 Å². The molecule has 0 aliphatic carbocycles. The van der Waals surface area contributed by atoms with Crippen LogP contribution in [0.1, 0.15) is 25.6 Å². The zero-order valence-electron chi connectivity index (χ0n) is 10.2. The second kappa shape index (κ2) is 5.13. The minimum atomic E-state index is -0.875. The molecular weight excluding hydrogens is 211 g/mol. The van der Waals surface area contributed by atoms with Crippen LogP contribution in [0.5, 0.6) is 0 Å². The lowest BCUT2D eigenvalue weighted by atomic mass is 9.97. The summed E-state index contributed by atoms with van der Waals surface area (Å²) in [6, 6.07) is 17.9. The van der Waals surface area contributed by atoms with Gasteiger partial charge in [0.05, 0.1) is 0 Å². The number of alkyl halides is 1. The lowest BCUT2D eigenvalue weighted by Crippen LogP contribution is -1.99. The lowest BCUT2D eigenvalue weighted by Gasteiger charge is -2.12. The van der Waals surface area contributed by atoms with E-state index >= 15 is 0 Å². The van der Waals surface area contributed by atoms with E-state index in [0.717, 1.165) is 11.1 Å². The van der Waals surface area contributed by atoms with Crippen molar-refractivity contribution in [2.45, 2.75) is 20.0 Å². The normalized spacial score (nSPS) is 12.7. The molecule has 0 bridgehead atoms. The molecule has 2 aromatic carbocycles. The van der Waals surface area contributed by atoms with E-state index in [-0.39, 0.29) is 5.92 Å². The third kappa shape index (κ3) is 2.73. The summed E-state index contributed by atoms with van der Waals surface area (Å²) >= 11 is 0. The van der Waals surface area contributed by atoms with Crippen LogP contribution in [0, 0.1) is 5.92 Å². The number of benzene rings is 2. The molecule has 0 saturated heterocycles. The first-order valence-corrected chi connectivity index (χ1v) is 5.98. The Morgan fingerprint density at radius 2 is 1.29 bits per heavy atom. The molecule has 88 valence electrons. The Hall–Kier alpha value is -1.63. The van der Waals surface area contributed by atoms with Gasteiger partial charge in [-0.3, -0.25) is 0 Å². The van der Waals surface area contributed by atoms with Crippen molar-refractivity contribution in [3.05, 3.63) is 60.2 Å². The summed E-state index contributed by atoms with van der Waals surface area (Å²) < 4.78 is 13.8. The largest absolute Gasteiger partial charge is 0.242 e. The van der Waals surface area contributed by atoms with Gasteiger partial charge >= 0.3 is 0 Å². The minimum absolute atomic E-state index is 0.0255. The number of hydrogen-bond donors (Lipinski definition) is 0. The van der Waals surface area contributed by atoms with Crippen LogP contribution in [-0.2, 0) is 0 Å². The second-order valence-corrected chi connectivity index (χ2v) is 4.63. The lowest BCUT2D eigenvalue weighted by molar-refractivity contribution is 0.262. The van der Waals surface area contributed by atoms with Gasteiger partial charge in [-0.05, 0) is 22.6 Å². The molecule has 1 heteroatoms. The Kier molecular flexibility index (Phi) is 3.58. The van der Waals surface area contributed by atoms with Crippen LogP contribution in [0.4, 0.5) is 4.39 Å². The van der Waals surface area contributed by atoms with E-state index in [1.165, 1.54) is 5.56 Å². The van der Waals surface area contributed by atoms with Crippen LogP contribution in [0.15, 0.2) is 54.6 Å². The molecule has 0 heterocycles. The van der Waals surface area contributed by atoms with Crippen molar-refractivity contribution in [3.8, 4) is 11.1 Å². The maximum atomic E-state index is 13.8. The summed E-state index contributed by atoms with van der Waals surface area (Å²) in [5.41, 5.74) is 3.06. The summed E-state index contributed by atoms with van der Waals surface area (Å²) in [5, 5.41) is 0. The molecule has 1 atom stereocenters. The molecule has 0 spiro atoms. The summed E-state index contributed by atoms with van der Waals surface area (Å²) in [5.74, 6) is 0.0255. The van der Waals surface area contributed by atoms with Crippen molar-refractivity contribution >= 4 is 0 Å². The summed E-state index contributed by atoms with van der Waals surface area (Å²) in [6.45, 7) is 3.80. The van der Waals surface area contributed by atoms with Crippen LogP contribution in [0.25, 0.3) is 11.1 Å². The molecule has 0 aromatic heterocycles. The van der Waals surface area contributed by atoms with Gasteiger partial charge in [-0.1, -0.05) is 68.4 Å². The third-order valence-electron chi connectivity index (χ3n) is 2.92. The molecule has 0 nitrogen and oxygen atoms in total. The van der Waals surface area contributed by atoms with Crippen LogP contribution in [-0.4, -0.2) is 0 Å². The van der Waals surface area contributed by atoms with Gasteiger partial charge in [0.2, 0.25) is 0 Å². The topological polar surface area (TPSA) is 0 Å². The van der Waals surface area contributed by atoms with Crippen LogP contribution in [0.2, 0.25) is 0 Å². The standard InChI is InChI=1S/C16H17F/c1-12(2)16(17)15-10-8-14(9-11-15)13-6-4-3-5-7-13/h3-12,16H,1-2H3. The molecule has 2 aromatic rings. The quantitative estimate of drug-likeness (QED) is 0.692. The van der Waals surface area contributed by atoms with E-state index in [0.29, 0.717) is 0 Å². The summed E-state index contributed by atoms with van der Waals surface area (Å²) in [4.78, 5) is 0. The van der Waals surface area contributed by atoms with Gasteiger partial charge in [-0.15, -0.1) is 0 Å². The van der Waals surface area contributed by atoms with E-state index in [4.69, 9.17) is 0 Å². The van der Waals surface area contributed by atoms with Crippen LogP contribution >= 0.6 is 0 Å². The fraction of sp³-hybridized carbons (Fsp3) is 0.250. The predicted octanol–water partition coefficient (Wildman–Crippen LogP) is 5.02. The molecular formula is C16H17F. The monoisotopic (exact) mass is 228 g/mol. The smallest absolute Gasteiger partial charge is 0.127 e. The highest BCUT2D eigenvalue weighted by molar-refractivity contribution is 5.63. The first kappa shape index (κ1) is 11.8. The first-order valence-electron chi connectivity index (χ1n) is 5.98. The second-order valence-electron chi connectivity index (χ2n) is 4.63.